The Morgan fingerprint density at radius 2 is 1.11 bits per heavy atom. The van der Waals surface area contributed by atoms with Crippen molar-refractivity contribution in [1.82, 2.24) is 0 Å². The fourth-order valence-electron chi connectivity index (χ4n) is 4.71. The standard InChI is InChI=1S/C25H11F9O2/c26-13-14(27)16(29)18(17(30)15(13)28)36-25-19(11-7-3-1-4-8-11)24(25,34)22(35)23(33,20(31)21(25)32)12-9-5-2-6-10-12/h1-10,19H. The SMILES string of the molecule is O=C1C(F)(c2ccccc2)C(F)=C(F)C2(Oc3c(F)c(F)c(F)c(F)c3F)C(c3ccccc3)C12F. The van der Waals surface area contributed by atoms with Gasteiger partial charge in [0.25, 0.3) is 5.67 Å². The van der Waals surface area contributed by atoms with E-state index in [1.807, 2.05) is 0 Å². The zero-order valence-electron chi connectivity index (χ0n) is 17.6. The Hall–Kier alpha value is -3.76. The second kappa shape index (κ2) is 7.62. The number of allylic oxidation sites excluding steroid dienone is 1. The molecule has 1 fully saturated rings. The van der Waals surface area contributed by atoms with E-state index >= 15 is 17.6 Å². The lowest BCUT2D eigenvalue weighted by Crippen LogP contribution is -2.50. The normalized spacial score (nSPS) is 29.2. The lowest BCUT2D eigenvalue weighted by Gasteiger charge is -2.32. The number of ketones is 1. The minimum atomic E-state index is -4.01. The van der Waals surface area contributed by atoms with Crippen LogP contribution in [-0.4, -0.2) is 17.1 Å². The van der Waals surface area contributed by atoms with Gasteiger partial charge in [-0.1, -0.05) is 60.7 Å². The highest BCUT2D eigenvalue weighted by Gasteiger charge is 2.93. The summed E-state index contributed by atoms with van der Waals surface area (Å²) in [4.78, 5) is 13.2. The van der Waals surface area contributed by atoms with Gasteiger partial charge < -0.3 is 4.74 Å². The second-order valence-electron chi connectivity index (χ2n) is 8.27. The molecule has 5 rings (SSSR count). The zero-order valence-corrected chi connectivity index (χ0v) is 17.6. The van der Waals surface area contributed by atoms with Gasteiger partial charge in [0.2, 0.25) is 46.1 Å². The molecule has 2 nitrogen and oxygen atoms in total. The second-order valence-corrected chi connectivity index (χ2v) is 8.27. The van der Waals surface area contributed by atoms with Crippen LogP contribution < -0.4 is 4.74 Å². The smallest absolute Gasteiger partial charge is 0.250 e. The number of hydrogen-bond donors (Lipinski definition) is 0. The lowest BCUT2D eigenvalue weighted by atomic mass is 9.81. The van der Waals surface area contributed by atoms with Crippen molar-refractivity contribution in [3.63, 3.8) is 0 Å². The number of Topliss-reactive ketones (excluding diaryl/α,β-unsaturated/α-hetero) is 1. The predicted molar refractivity (Wildman–Crippen MR) is 106 cm³/mol. The first-order valence-electron chi connectivity index (χ1n) is 10.3. The molecule has 0 saturated heterocycles. The molecule has 2 aliphatic rings. The lowest BCUT2D eigenvalue weighted by molar-refractivity contribution is -0.141. The van der Waals surface area contributed by atoms with E-state index in [0.29, 0.717) is 0 Å². The van der Waals surface area contributed by atoms with E-state index in [4.69, 9.17) is 4.74 Å². The van der Waals surface area contributed by atoms with Gasteiger partial charge in [0.1, 0.15) is 0 Å². The first-order chi connectivity index (χ1) is 17.0. The summed E-state index contributed by atoms with van der Waals surface area (Å²) in [5.41, 5.74) is -12.5. The summed E-state index contributed by atoms with van der Waals surface area (Å²) >= 11 is 0. The van der Waals surface area contributed by atoms with Crippen molar-refractivity contribution in [1.29, 1.82) is 0 Å². The number of fused-ring (bicyclic) bond motifs is 1. The molecule has 36 heavy (non-hydrogen) atoms. The topological polar surface area (TPSA) is 26.3 Å². The third kappa shape index (κ3) is 2.68. The molecule has 0 bridgehead atoms. The summed E-state index contributed by atoms with van der Waals surface area (Å²) in [6.45, 7) is 0. The summed E-state index contributed by atoms with van der Waals surface area (Å²) < 4.78 is 138. The molecular formula is C25H11F9O2. The summed E-state index contributed by atoms with van der Waals surface area (Å²) in [6.07, 6.45) is 0. The third-order valence-corrected chi connectivity index (χ3v) is 6.46. The van der Waals surface area contributed by atoms with Crippen LogP contribution in [0.25, 0.3) is 0 Å². The molecule has 0 spiro atoms. The minimum absolute atomic E-state index is 0.294. The summed E-state index contributed by atoms with van der Waals surface area (Å²) in [5.74, 6) is -24.4. The van der Waals surface area contributed by atoms with Crippen LogP contribution in [0.1, 0.15) is 17.0 Å². The first-order valence-corrected chi connectivity index (χ1v) is 10.3. The molecule has 0 N–H and O–H groups in total. The van der Waals surface area contributed by atoms with Crippen molar-refractivity contribution >= 4 is 5.78 Å². The van der Waals surface area contributed by atoms with Crippen LogP contribution in [0, 0.1) is 29.1 Å². The fraction of sp³-hybridized carbons (Fsp3) is 0.160. The molecular weight excluding hydrogens is 503 g/mol. The van der Waals surface area contributed by atoms with Crippen molar-refractivity contribution in [3.8, 4) is 5.75 Å². The molecule has 0 heterocycles. The molecule has 11 heteroatoms. The Bertz CT molecular complexity index is 1410. The fourth-order valence-corrected chi connectivity index (χ4v) is 4.71. The maximum atomic E-state index is 16.5. The number of alkyl halides is 2. The Kier molecular flexibility index (Phi) is 5.07. The molecule has 4 unspecified atom stereocenters. The van der Waals surface area contributed by atoms with Crippen LogP contribution in [0.2, 0.25) is 0 Å². The van der Waals surface area contributed by atoms with Gasteiger partial charge in [-0.2, -0.15) is 8.78 Å². The highest BCUT2D eigenvalue weighted by Crippen LogP contribution is 2.74. The number of carbonyl (C=O) groups excluding carboxylic acids is 1. The predicted octanol–water partition coefficient (Wildman–Crippen LogP) is 6.60. The van der Waals surface area contributed by atoms with Crippen molar-refractivity contribution in [2.24, 2.45) is 0 Å². The first kappa shape index (κ1) is 24.0. The molecule has 0 radical (unpaired) electrons. The Morgan fingerprint density at radius 3 is 1.64 bits per heavy atom. The van der Waals surface area contributed by atoms with Crippen molar-refractivity contribution < 1.29 is 49.0 Å². The van der Waals surface area contributed by atoms with E-state index in [1.54, 1.807) is 0 Å². The molecule has 1 saturated carbocycles. The number of halogens is 9. The maximum Gasteiger partial charge on any atom is 0.250 e. The van der Waals surface area contributed by atoms with E-state index in [-0.39, 0.29) is 5.56 Å². The van der Waals surface area contributed by atoms with Gasteiger partial charge in [-0.3, -0.25) is 4.79 Å². The van der Waals surface area contributed by atoms with Crippen LogP contribution in [0.5, 0.6) is 5.75 Å². The van der Waals surface area contributed by atoms with Crippen LogP contribution in [-0.2, 0) is 10.5 Å². The van der Waals surface area contributed by atoms with E-state index in [1.165, 1.54) is 24.3 Å². The van der Waals surface area contributed by atoms with Gasteiger partial charge in [0.05, 0.1) is 5.92 Å². The van der Waals surface area contributed by atoms with Crippen LogP contribution in [0.15, 0.2) is 72.3 Å². The highest BCUT2D eigenvalue weighted by molar-refractivity contribution is 6.07. The molecule has 4 atom stereocenters. The zero-order chi connectivity index (χ0) is 26.2. The summed E-state index contributed by atoms with van der Waals surface area (Å²) in [6, 6.07) is 11.6. The largest absolute Gasteiger partial charge is 0.469 e. The summed E-state index contributed by atoms with van der Waals surface area (Å²) in [5, 5.41) is 0. The number of rotatable bonds is 4. The van der Waals surface area contributed by atoms with Gasteiger partial charge in [0, 0.05) is 5.56 Å². The van der Waals surface area contributed by atoms with E-state index in [0.717, 1.165) is 36.4 Å². The summed E-state index contributed by atoms with van der Waals surface area (Å²) in [7, 11) is 0. The molecule has 0 aliphatic heterocycles. The Balaban J connectivity index is 1.79. The van der Waals surface area contributed by atoms with Crippen molar-refractivity contribution in [3.05, 3.63) is 113 Å². The number of hydrogen-bond acceptors (Lipinski definition) is 2. The number of ether oxygens (including phenoxy) is 1. The molecule has 0 amide bonds. The third-order valence-electron chi connectivity index (χ3n) is 6.46. The molecule has 0 aromatic heterocycles. The van der Waals surface area contributed by atoms with E-state index < -0.39 is 80.7 Å². The Morgan fingerprint density at radius 1 is 0.639 bits per heavy atom. The molecule has 186 valence electrons. The monoisotopic (exact) mass is 514 g/mol. The number of benzene rings is 3. The van der Waals surface area contributed by atoms with Crippen LogP contribution in [0.3, 0.4) is 0 Å². The van der Waals surface area contributed by atoms with Gasteiger partial charge in [-0.15, -0.1) is 0 Å². The van der Waals surface area contributed by atoms with Crippen molar-refractivity contribution in [2.75, 3.05) is 0 Å². The van der Waals surface area contributed by atoms with Crippen molar-refractivity contribution in [2.45, 2.75) is 22.9 Å². The van der Waals surface area contributed by atoms with Gasteiger partial charge in [-0.25, -0.2) is 30.7 Å². The van der Waals surface area contributed by atoms with E-state index in [9.17, 15) is 26.7 Å². The Labute approximate surface area is 196 Å². The van der Waals surface area contributed by atoms with Crippen LogP contribution >= 0.6 is 0 Å². The maximum absolute atomic E-state index is 16.5. The van der Waals surface area contributed by atoms with Crippen LogP contribution in [0.4, 0.5) is 39.5 Å². The highest BCUT2D eigenvalue weighted by atomic mass is 19.2. The average molecular weight is 514 g/mol. The average Bonchev–Trinajstić information content (AvgIpc) is 3.47. The molecule has 2 aliphatic carbocycles. The minimum Gasteiger partial charge on any atom is -0.469 e. The van der Waals surface area contributed by atoms with Gasteiger partial charge >= 0.3 is 0 Å². The number of carbonyl (C=O) groups is 1. The quantitative estimate of drug-likeness (QED) is 0.223. The van der Waals surface area contributed by atoms with Gasteiger partial charge in [-0.05, 0) is 5.56 Å². The van der Waals surface area contributed by atoms with E-state index in [2.05, 4.69) is 0 Å². The molecule has 3 aromatic carbocycles. The van der Waals surface area contributed by atoms with Gasteiger partial charge in [0.15, 0.2) is 17.4 Å². The molecule has 3 aromatic rings.